The smallest absolute Gasteiger partial charge is 0.152 e. The summed E-state index contributed by atoms with van der Waals surface area (Å²) in [5, 5.41) is 0. The number of hydrogen-bond donors (Lipinski definition) is 0. The topological polar surface area (TPSA) is 26.3 Å². The maximum atomic E-state index is 10.8. The molecule has 0 heterocycles. The van der Waals surface area contributed by atoms with Crippen LogP contribution in [0, 0.1) is 5.92 Å². The Labute approximate surface area is 119 Å². The normalized spacial score (nSPS) is 13.9. The average molecular weight is 268 g/mol. The first-order valence-electron chi connectivity index (χ1n) is 7.80. The summed E-state index contributed by atoms with van der Waals surface area (Å²) >= 11 is 0. The predicted molar refractivity (Wildman–Crippen MR) is 82.4 cm³/mol. The van der Waals surface area contributed by atoms with Gasteiger partial charge in [0.05, 0.1) is 5.60 Å². The molecule has 112 valence electrons. The van der Waals surface area contributed by atoms with Crippen LogP contribution in [0.5, 0.6) is 0 Å². The van der Waals surface area contributed by atoms with Gasteiger partial charge in [-0.25, -0.2) is 0 Å². The van der Waals surface area contributed by atoms with Crippen molar-refractivity contribution in [2.75, 3.05) is 6.61 Å². The van der Waals surface area contributed by atoms with Gasteiger partial charge in [0, 0.05) is 6.61 Å². The van der Waals surface area contributed by atoms with E-state index < -0.39 is 0 Å². The Balaban J connectivity index is 4.01. The number of carbonyl (C=O) groups is 1. The molecule has 2 nitrogen and oxygen atoms in total. The van der Waals surface area contributed by atoms with Crippen LogP contribution in [-0.4, -0.2) is 18.0 Å². The maximum Gasteiger partial charge on any atom is 0.152 e. The molecule has 0 aliphatic heterocycles. The van der Waals surface area contributed by atoms with Crippen LogP contribution in [0.4, 0.5) is 0 Å². The number of ether oxygens (including phenoxy) is 1. The zero-order valence-corrected chi connectivity index (χ0v) is 13.5. The van der Waals surface area contributed by atoms with Gasteiger partial charge in [0.15, 0.2) is 5.78 Å². The van der Waals surface area contributed by atoms with Crippen LogP contribution in [0.3, 0.4) is 0 Å². The highest BCUT2D eigenvalue weighted by atomic mass is 16.5. The molecule has 2 heteroatoms. The van der Waals surface area contributed by atoms with E-state index in [-0.39, 0.29) is 11.4 Å². The first-order valence-corrected chi connectivity index (χ1v) is 7.80. The molecule has 0 fully saturated rings. The fourth-order valence-corrected chi connectivity index (χ4v) is 2.54. The van der Waals surface area contributed by atoms with E-state index in [0.29, 0.717) is 5.92 Å². The lowest BCUT2D eigenvalue weighted by atomic mass is 9.88. The van der Waals surface area contributed by atoms with Crippen molar-refractivity contribution in [1.82, 2.24) is 0 Å². The molecule has 0 aliphatic rings. The third kappa shape index (κ3) is 8.20. The van der Waals surface area contributed by atoms with Gasteiger partial charge in [-0.3, -0.25) is 4.79 Å². The molecule has 0 aromatic heterocycles. The summed E-state index contributed by atoms with van der Waals surface area (Å²) in [4.78, 5) is 10.8. The lowest BCUT2D eigenvalue weighted by Gasteiger charge is -2.32. The maximum absolute atomic E-state index is 10.8. The van der Waals surface area contributed by atoms with Gasteiger partial charge in [0.1, 0.15) is 0 Å². The van der Waals surface area contributed by atoms with E-state index in [1.165, 1.54) is 12.8 Å². The second-order valence-corrected chi connectivity index (χ2v) is 5.57. The fourth-order valence-electron chi connectivity index (χ4n) is 2.54. The van der Waals surface area contributed by atoms with Gasteiger partial charge in [0.2, 0.25) is 0 Å². The Bertz CT molecular complexity index is 264. The van der Waals surface area contributed by atoms with Crippen LogP contribution in [-0.2, 0) is 9.53 Å². The molecule has 0 spiro atoms. The summed E-state index contributed by atoms with van der Waals surface area (Å²) < 4.78 is 5.96. The minimum absolute atomic E-state index is 0.0870. The molecule has 0 bridgehead atoms. The van der Waals surface area contributed by atoms with E-state index in [0.717, 1.165) is 32.3 Å². The molecular weight excluding hydrogens is 236 g/mol. The predicted octanol–water partition coefficient (Wildman–Crippen LogP) is 4.92. The van der Waals surface area contributed by atoms with E-state index >= 15 is 0 Å². The van der Waals surface area contributed by atoms with E-state index in [1.807, 2.05) is 6.08 Å². The number of allylic oxidation sites excluding steroid dienone is 2. The lowest BCUT2D eigenvalue weighted by Crippen LogP contribution is -2.31. The van der Waals surface area contributed by atoms with Crippen molar-refractivity contribution in [1.29, 1.82) is 0 Å². The molecule has 1 atom stereocenters. The Hall–Kier alpha value is -0.630. The molecule has 1 unspecified atom stereocenters. The highest BCUT2D eigenvalue weighted by Gasteiger charge is 2.25. The van der Waals surface area contributed by atoms with Gasteiger partial charge in [0.25, 0.3) is 0 Å². The molecule has 0 radical (unpaired) electrons. The highest BCUT2D eigenvalue weighted by Crippen LogP contribution is 2.28. The first-order chi connectivity index (χ1) is 8.99. The third-order valence-corrected chi connectivity index (χ3v) is 3.96. The first kappa shape index (κ1) is 18.4. The van der Waals surface area contributed by atoms with Crippen LogP contribution >= 0.6 is 0 Å². The summed E-state index contributed by atoms with van der Waals surface area (Å²) in [7, 11) is 0. The van der Waals surface area contributed by atoms with Gasteiger partial charge in [-0.15, -0.1) is 0 Å². The van der Waals surface area contributed by atoms with E-state index in [1.54, 1.807) is 13.0 Å². The fraction of sp³-hybridized carbons (Fsp3) is 0.824. The van der Waals surface area contributed by atoms with E-state index in [9.17, 15) is 4.79 Å². The van der Waals surface area contributed by atoms with E-state index in [4.69, 9.17) is 4.74 Å². The van der Waals surface area contributed by atoms with Gasteiger partial charge in [-0.1, -0.05) is 39.7 Å². The van der Waals surface area contributed by atoms with Gasteiger partial charge in [-0.2, -0.15) is 0 Å². The van der Waals surface area contributed by atoms with Crippen molar-refractivity contribution in [3.63, 3.8) is 0 Å². The zero-order chi connectivity index (χ0) is 14.7. The van der Waals surface area contributed by atoms with Crippen LogP contribution in [0.1, 0.15) is 73.1 Å². The summed E-state index contributed by atoms with van der Waals surface area (Å²) in [6.07, 6.45) is 10.4. The molecule has 0 amide bonds. The minimum atomic E-state index is 0.0870. The number of rotatable bonds is 11. The van der Waals surface area contributed by atoms with Gasteiger partial charge >= 0.3 is 0 Å². The summed E-state index contributed by atoms with van der Waals surface area (Å²) in [5.74, 6) is 0.781. The summed E-state index contributed by atoms with van der Waals surface area (Å²) in [5.41, 5.74) is 0.0870. The highest BCUT2D eigenvalue weighted by molar-refractivity contribution is 5.87. The average Bonchev–Trinajstić information content (AvgIpc) is 2.37. The molecule has 0 aromatic rings. The van der Waals surface area contributed by atoms with Crippen LogP contribution in [0.2, 0.25) is 0 Å². The van der Waals surface area contributed by atoms with Crippen molar-refractivity contribution in [3.05, 3.63) is 12.2 Å². The molecule has 0 aromatic carbocycles. The van der Waals surface area contributed by atoms with Crippen molar-refractivity contribution >= 4 is 5.78 Å². The zero-order valence-electron chi connectivity index (χ0n) is 13.5. The molecule has 0 N–H and O–H groups in total. The Morgan fingerprint density at radius 1 is 1.26 bits per heavy atom. The van der Waals surface area contributed by atoms with Crippen LogP contribution in [0.25, 0.3) is 0 Å². The Morgan fingerprint density at radius 3 is 2.37 bits per heavy atom. The molecular formula is C17H32O2. The monoisotopic (exact) mass is 268 g/mol. The Morgan fingerprint density at radius 2 is 1.89 bits per heavy atom. The van der Waals surface area contributed by atoms with Crippen molar-refractivity contribution < 1.29 is 9.53 Å². The number of ketones is 1. The van der Waals surface area contributed by atoms with Crippen LogP contribution < -0.4 is 0 Å². The van der Waals surface area contributed by atoms with Crippen molar-refractivity contribution in [2.24, 2.45) is 5.92 Å². The molecule has 19 heavy (non-hydrogen) atoms. The second-order valence-electron chi connectivity index (χ2n) is 5.57. The quantitative estimate of drug-likeness (QED) is 0.497. The SMILES string of the molecule is CCOC(CC)(CC)CCCC(C)CC=CC(C)=O. The third-order valence-electron chi connectivity index (χ3n) is 3.96. The van der Waals surface area contributed by atoms with E-state index in [2.05, 4.69) is 27.7 Å². The van der Waals surface area contributed by atoms with Gasteiger partial charge < -0.3 is 4.74 Å². The standard InChI is InChI=1S/C17H32O2/c1-6-17(7-2,19-8-3)14-10-12-15(4)11-9-13-16(5)18/h9,13,15H,6-8,10-12,14H2,1-5H3. The lowest BCUT2D eigenvalue weighted by molar-refractivity contribution is -0.112. The number of hydrogen-bond acceptors (Lipinski definition) is 2. The van der Waals surface area contributed by atoms with Crippen molar-refractivity contribution in [3.8, 4) is 0 Å². The molecule has 0 saturated carbocycles. The van der Waals surface area contributed by atoms with Gasteiger partial charge in [-0.05, 0) is 51.5 Å². The molecule has 0 saturated heterocycles. The number of carbonyl (C=O) groups excluding carboxylic acids is 1. The summed E-state index contributed by atoms with van der Waals surface area (Å²) in [6.45, 7) is 11.2. The van der Waals surface area contributed by atoms with Crippen molar-refractivity contribution in [2.45, 2.75) is 78.7 Å². The molecule has 0 aliphatic carbocycles. The molecule has 0 rings (SSSR count). The minimum Gasteiger partial charge on any atom is -0.375 e. The summed E-state index contributed by atoms with van der Waals surface area (Å²) in [6, 6.07) is 0. The Kier molecular flexibility index (Phi) is 9.85. The second kappa shape index (κ2) is 10.2. The van der Waals surface area contributed by atoms with Crippen LogP contribution in [0.15, 0.2) is 12.2 Å². The largest absolute Gasteiger partial charge is 0.375 e.